The number of hydrogen-bond donors (Lipinski definition) is 1. The predicted octanol–water partition coefficient (Wildman–Crippen LogP) is 2.27. The molecule has 0 saturated heterocycles. The molecule has 0 bridgehead atoms. The number of methoxy groups -OCH3 is 1. The highest BCUT2D eigenvalue weighted by Crippen LogP contribution is 2.64. The van der Waals surface area contributed by atoms with Crippen molar-refractivity contribution in [2.24, 2.45) is 5.73 Å². The molecule has 16 heavy (non-hydrogen) atoms. The maximum absolute atomic E-state index is 6.36. The summed E-state index contributed by atoms with van der Waals surface area (Å²) in [7, 11) is 1.63. The smallest absolute Gasteiger partial charge is 0.218 e. The van der Waals surface area contributed by atoms with E-state index < -0.39 is 0 Å². The minimum Gasteiger partial charge on any atom is -0.481 e. The second kappa shape index (κ2) is 3.11. The zero-order valence-corrected chi connectivity index (χ0v) is 10.0. The van der Waals surface area contributed by atoms with E-state index in [1.807, 2.05) is 12.1 Å². The molecular weight excluding hydrogens is 224 g/mol. The second-order valence-corrected chi connectivity index (χ2v) is 5.32. The zero-order chi connectivity index (χ0) is 11.4. The summed E-state index contributed by atoms with van der Waals surface area (Å²) in [6.45, 7) is 0. The summed E-state index contributed by atoms with van der Waals surface area (Å²) in [4.78, 5) is 4.23. The normalized spacial score (nSPS) is 23.9. The lowest BCUT2D eigenvalue weighted by atomic mass is 9.87. The topological polar surface area (TPSA) is 48.1 Å². The van der Waals surface area contributed by atoms with Gasteiger partial charge in [0.15, 0.2) is 0 Å². The number of pyridine rings is 1. The van der Waals surface area contributed by atoms with E-state index >= 15 is 0 Å². The summed E-state index contributed by atoms with van der Waals surface area (Å²) in [5.74, 6) is 0.640. The zero-order valence-electron chi connectivity index (χ0n) is 9.29. The monoisotopic (exact) mass is 238 g/mol. The maximum Gasteiger partial charge on any atom is 0.218 e. The highest BCUT2D eigenvalue weighted by Gasteiger charge is 2.65. The second-order valence-electron chi connectivity index (χ2n) is 4.93. The molecule has 0 aromatic carbocycles. The Hall–Kier alpha value is -0.800. The molecule has 0 spiro atoms. The van der Waals surface area contributed by atoms with Crippen LogP contribution in [0.1, 0.15) is 31.2 Å². The Bertz CT molecular complexity index is 439. The van der Waals surface area contributed by atoms with Gasteiger partial charge in [0.2, 0.25) is 5.88 Å². The van der Waals surface area contributed by atoms with E-state index in [-0.39, 0.29) is 11.0 Å². The molecule has 0 aliphatic heterocycles. The molecule has 0 amide bonds. The lowest BCUT2D eigenvalue weighted by Crippen LogP contribution is -2.37. The SMILES string of the molecule is COc1nc(Cl)ccc1C1(C2(N)CC2)CC1. The minimum absolute atomic E-state index is 0.0181. The Morgan fingerprint density at radius 3 is 2.50 bits per heavy atom. The standard InChI is InChI=1S/C12H15ClN2O/c1-16-10-8(2-3-9(13)15-10)11(4-5-11)12(14)6-7-12/h2-3H,4-7,14H2,1H3. The molecule has 2 aliphatic carbocycles. The molecule has 86 valence electrons. The van der Waals surface area contributed by atoms with Crippen LogP contribution in [-0.4, -0.2) is 17.6 Å². The first-order valence-electron chi connectivity index (χ1n) is 5.61. The highest BCUT2D eigenvalue weighted by atomic mass is 35.5. The third-order valence-corrected chi connectivity index (χ3v) is 4.24. The molecule has 1 aromatic heterocycles. The van der Waals surface area contributed by atoms with E-state index in [0.717, 1.165) is 31.2 Å². The molecule has 1 heterocycles. The van der Waals surface area contributed by atoms with Gasteiger partial charge in [-0.1, -0.05) is 11.6 Å². The molecule has 2 N–H and O–H groups in total. The molecule has 0 radical (unpaired) electrons. The summed E-state index contributed by atoms with van der Waals surface area (Å²) in [5.41, 5.74) is 7.59. The summed E-state index contributed by atoms with van der Waals surface area (Å²) >= 11 is 5.87. The van der Waals surface area contributed by atoms with E-state index in [1.165, 1.54) is 0 Å². The molecule has 3 nitrogen and oxygen atoms in total. The third-order valence-electron chi connectivity index (χ3n) is 4.03. The van der Waals surface area contributed by atoms with Crippen LogP contribution in [0.3, 0.4) is 0 Å². The van der Waals surface area contributed by atoms with Gasteiger partial charge in [-0.15, -0.1) is 0 Å². The Kier molecular flexibility index (Phi) is 2.01. The van der Waals surface area contributed by atoms with Crippen LogP contribution >= 0.6 is 11.6 Å². The third kappa shape index (κ3) is 1.28. The van der Waals surface area contributed by atoms with Gasteiger partial charge in [-0.25, -0.2) is 4.98 Å². The molecule has 2 fully saturated rings. The van der Waals surface area contributed by atoms with Gasteiger partial charge in [-0.2, -0.15) is 0 Å². The number of nitrogens with two attached hydrogens (primary N) is 1. The van der Waals surface area contributed by atoms with Gasteiger partial charge in [0.25, 0.3) is 0 Å². The molecule has 4 heteroatoms. The van der Waals surface area contributed by atoms with Crippen LogP contribution in [-0.2, 0) is 5.41 Å². The Balaban J connectivity index is 2.06. The molecule has 3 rings (SSSR count). The summed E-state index contributed by atoms with van der Waals surface area (Å²) in [5, 5.41) is 0.471. The quantitative estimate of drug-likeness (QED) is 0.822. The van der Waals surface area contributed by atoms with Crippen molar-refractivity contribution in [3.05, 3.63) is 22.8 Å². The van der Waals surface area contributed by atoms with Crippen molar-refractivity contribution < 1.29 is 4.74 Å². The van der Waals surface area contributed by atoms with Crippen LogP contribution in [0.15, 0.2) is 12.1 Å². The van der Waals surface area contributed by atoms with Crippen LogP contribution in [0.5, 0.6) is 5.88 Å². The Morgan fingerprint density at radius 1 is 1.31 bits per heavy atom. The Morgan fingerprint density at radius 2 is 2.00 bits per heavy atom. The number of rotatable bonds is 3. The predicted molar refractivity (Wildman–Crippen MR) is 62.9 cm³/mol. The van der Waals surface area contributed by atoms with Crippen LogP contribution in [0.25, 0.3) is 0 Å². The molecule has 0 atom stereocenters. The number of nitrogens with zero attached hydrogens (tertiary/aromatic N) is 1. The molecule has 2 saturated carbocycles. The Labute approximate surface area is 100.0 Å². The first-order valence-corrected chi connectivity index (χ1v) is 5.99. The van der Waals surface area contributed by atoms with Gasteiger partial charge in [0.05, 0.1) is 7.11 Å². The molecular formula is C12H15ClN2O. The number of hydrogen-bond acceptors (Lipinski definition) is 3. The average Bonchev–Trinajstić information content (AvgIpc) is 3.14. The first kappa shape index (κ1) is 10.4. The van der Waals surface area contributed by atoms with Crippen LogP contribution in [0.2, 0.25) is 5.15 Å². The van der Waals surface area contributed by atoms with Crippen molar-refractivity contribution in [3.63, 3.8) is 0 Å². The fraction of sp³-hybridized carbons (Fsp3) is 0.583. The first-order chi connectivity index (χ1) is 7.61. The number of aromatic nitrogens is 1. The number of halogens is 1. The van der Waals surface area contributed by atoms with Crippen molar-refractivity contribution in [2.45, 2.75) is 36.6 Å². The van der Waals surface area contributed by atoms with Gasteiger partial charge < -0.3 is 10.5 Å². The summed E-state index contributed by atoms with van der Waals surface area (Å²) in [6, 6.07) is 3.85. The van der Waals surface area contributed by atoms with Gasteiger partial charge in [0.1, 0.15) is 5.15 Å². The minimum atomic E-state index is -0.0181. The molecule has 2 aliphatic rings. The summed E-state index contributed by atoms with van der Waals surface area (Å²) < 4.78 is 5.32. The van der Waals surface area contributed by atoms with Crippen LogP contribution in [0, 0.1) is 0 Å². The molecule has 0 unspecified atom stereocenters. The lowest BCUT2D eigenvalue weighted by molar-refractivity contribution is 0.377. The van der Waals surface area contributed by atoms with Crippen molar-refractivity contribution in [3.8, 4) is 5.88 Å². The lowest BCUT2D eigenvalue weighted by Gasteiger charge is -2.24. The largest absolute Gasteiger partial charge is 0.481 e. The van der Waals surface area contributed by atoms with Crippen molar-refractivity contribution >= 4 is 11.6 Å². The van der Waals surface area contributed by atoms with Crippen LogP contribution in [0.4, 0.5) is 0 Å². The van der Waals surface area contributed by atoms with Crippen molar-refractivity contribution in [1.82, 2.24) is 4.98 Å². The average molecular weight is 239 g/mol. The van der Waals surface area contributed by atoms with E-state index in [1.54, 1.807) is 7.11 Å². The van der Waals surface area contributed by atoms with Gasteiger partial charge >= 0.3 is 0 Å². The van der Waals surface area contributed by atoms with Crippen molar-refractivity contribution in [2.75, 3.05) is 7.11 Å². The van der Waals surface area contributed by atoms with E-state index in [4.69, 9.17) is 22.1 Å². The highest BCUT2D eigenvalue weighted by molar-refractivity contribution is 6.29. The van der Waals surface area contributed by atoms with Gasteiger partial charge in [-0.05, 0) is 37.8 Å². The van der Waals surface area contributed by atoms with E-state index in [0.29, 0.717) is 11.0 Å². The fourth-order valence-electron chi connectivity index (χ4n) is 2.71. The number of ether oxygens (including phenoxy) is 1. The van der Waals surface area contributed by atoms with Crippen LogP contribution < -0.4 is 10.5 Å². The van der Waals surface area contributed by atoms with Crippen molar-refractivity contribution in [1.29, 1.82) is 0 Å². The van der Waals surface area contributed by atoms with Gasteiger partial charge in [-0.3, -0.25) is 0 Å². The maximum atomic E-state index is 6.36. The molecule has 1 aromatic rings. The summed E-state index contributed by atoms with van der Waals surface area (Å²) in [6.07, 6.45) is 4.50. The van der Waals surface area contributed by atoms with E-state index in [2.05, 4.69) is 4.98 Å². The van der Waals surface area contributed by atoms with Gasteiger partial charge in [0, 0.05) is 16.5 Å². The van der Waals surface area contributed by atoms with E-state index in [9.17, 15) is 0 Å². The fourth-order valence-corrected chi connectivity index (χ4v) is 2.85.